The minimum Gasteiger partial charge on any atom is -0.467 e. The van der Waals surface area contributed by atoms with E-state index >= 15 is 0 Å². The molecule has 0 unspecified atom stereocenters. The second kappa shape index (κ2) is 5.67. The van der Waals surface area contributed by atoms with Crippen LogP contribution < -0.4 is 5.32 Å². The molecule has 22 heavy (non-hydrogen) atoms. The number of fused-ring (bicyclic) bond motifs is 1. The fraction of sp³-hybridized carbons (Fsp3) is 0.400. The summed E-state index contributed by atoms with van der Waals surface area (Å²) >= 11 is 0. The third-order valence-electron chi connectivity index (χ3n) is 3.49. The number of hydrogen-bond acceptors (Lipinski definition) is 4. The molecule has 0 aromatic carbocycles. The molecule has 1 amide bonds. The van der Waals surface area contributed by atoms with Gasteiger partial charge in [0.2, 0.25) is 5.91 Å². The SMILES string of the molecule is Cc1nn(C(C)C)c2cnn(CC(=O)NCc3ccco3)c12. The number of nitrogens with one attached hydrogen (secondary N) is 1. The molecule has 3 heterocycles. The highest BCUT2D eigenvalue weighted by molar-refractivity contribution is 5.81. The minimum absolute atomic E-state index is 0.113. The van der Waals surface area contributed by atoms with Gasteiger partial charge >= 0.3 is 0 Å². The van der Waals surface area contributed by atoms with Crippen molar-refractivity contribution < 1.29 is 9.21 Å². The van der Waals surface area contributed by atoms with Crippen LogP contribution in [-0.4, -0.2) is 25.5 Å². The Bertz CT molecular complexity index is 782. The Morgan fingerprint density at radius 1 is 1.45 bits per heavy atom. The minimum atomic E-state index is -0.113. The van der Waals surface area contributed by atoms with Gasteiger partial charge in [0, 0.05) is 6.04 Å². The normalized spacial score (nSPS) is 11.5. The molecule has 0 saturated carbocycles. The molecular weight excluding hydrogens is 282 g/mol. The number of aryl methyl sites for hydroxylation is 1. The lowest BCUT2D eigenvalue weighted by atomic mass is 10.3. The van der Waals surface area contributed by atoms with Crippen LogP contribution in [0.15, 0.2) is 29.0 Å². The van der Waals surface area contributed by atoms with Crippen molar-refractivity contribution in [2.45, 2.75) is 39.9 Å². The van der Waals surface area contributed by atoms with Crippen LogP contribution in [0.1, 0.15) is 31.3 Å². The molecule has 0 aliphatic rings. The van der Waals surface area contributed by atoms with Crippen molar-refractivity contribution in [3.63, 3.8) is 0 Å². The van der Waals surface area contributed by atoms with Crippen molar-refractivity contribution in [2.75, 3.05) is 0 Å². The van der Waals surface area contributed by atoms with Crippen molar-refractivity contribution in [1.82, 2.24) is 24.9 Å². The highest BCUT2D eigenvalue weighted by atomic mass is 16.3. The van der Waals surface area contributed by atoms with E-state index in [9.17, 15) is 4.79 Å². The summed E-state index contributed by atoms with van der Waals surface area (Å²) < 4.78 is 8.80. The van der Waals surface area contributed by atoms with Gasteiger partial charge in [0.05, 0.1) is 24.7 Å². The summed E-state index contributed by atoms with van der Waals surface area (Å²) in [5, 5.41) is 11.6. The first kappa shape index (κ1) is 14.4. The first-order chi connectivity index (χ1) is 10.6. The number of amides is 1. The molecule has 0 fully saturated rings. The lowest BCUT2D eigenvalue weighted by Gasteiger charge is -2.04. The summed E-state index contributed by atoms with van der Waals surface area (Å²) in [6.07, 6.45) is 3.34. The zero-order chi connectivity index (χ0) is 15.7. The summed E-state index contributed by atoms with van der Waals surface area (Å²) in [5.74, 6) is 0.612. The van der Waals surface area contributed by atoms with Gasteiger partial charge in [0.1, 0.15) is 23.3 Å². The topological polar surface area (TPSA) is 77.9 Å². The molecule has 3 aromatic rings. The zero-order valence-corrected chi connectivity index (χ0v) is 12.9. The molecule has 0 spiro atoms. The van der Waals surface area contributed by atoms with Gasteiger partial charge in [0.25, 0.3) is 0 Å². The van der Waals surface area contributed by atoms with E-state index in [2.05, 4.69) is 29.4 Å². The number of aromatic nitrogens is 4. The molecule has 3 rings (SSSR count). The number of furan rings is 1. The molecule has 0 radical (unpaired) electrons. The predicted octanol–water partition coefficient (Wildman–Crippen LogP) is 2.03. The Balaban J connectivity index is 1.75. The number of hydrogen-bond donors (Lipinski definition) is 1. The summed E-state index contributed by atoms with van der Waals surface area (Å²) in [7, 11) is 0. The highest BCUT2D eigenvalue weighted by Gasteiger charge is 2.16. The smallest absolute Gasteiger partial charge is 0.242 e. The van der Waals surface area contributed by atoms with Crippen LogP contribution >= 0.6 is 0 Å². The average Bonchev–Trinajstić information content (AvgIpc) is 3.16. The van der Waals surface area contributed by atoms with Crippen molar-refractivity contribution in [3.05, 3.63) is 36.0 Å². The Labute approximate surface area is 127 Å². The first-order valence-electron chi connectivity index (χ1n) is 7.26. The van der Waals surface area contributed by atoms with Crippen LogP contribution in [0, 0.1) is 6.92 Å². The highest BCUT2D eigenvalue weighted by Crippen LogP contribution is 2.20. The van der Waals surface area contributed by atoms with E-state index in [0.717, 1.165) is 22.5 Å². The molecule has 0 bridgehead atoms. The van der Waals surface area contributed by atoms with Crippen molar-refractivity contribution >= 4 is 16.9 Å². The van der Waals surface area contributed by atoms with E-state index in [1.807, 2.05) is 17.7 Å². The Hall–Kier alpha value is -2.57. The summed E-state index contributed by atoms with van der Waals surface area (Å²) in [6.45, 7) is 6.61. The zero-order valence-electron chi connectivity index (χ0n) is 12.9. The summed E-state index contributed by atoms with van der Waals surface area (Å²) in [6, 6.07) is 3.87. The van der Waals surface area contributed by atoms with E-state index in [1.165, 1.54) is 0 Å². The number of rotatable bonds is 5. The molecule has 0 aliphatic heterocycles. The quantitative estimate of drug-likeness (QED) is 0.782. The number of nitrogens with zero attached hydrogens (tertiary/aromatic N) is 4. The van der Waals surface area contributed by atoms with Crippen molar-refractivity contribution in [2.24, 2.45) is 0 Å². The maximum absolute atomic E-state index is 12.1. The second-order valence-corrected chi connectivity index (χ2v) is 5.52. The predicted molar refractivity (Wildman–Crippen MR) is 81.2 cm³/mol. The molecule has 7 nitrogen and oxygen atoms in total. The molecule has 7 heteroatoms. The van der Waals surface area contributed by atoms with E-state index in [1.54, 1.807) is 23.2 Å². The van der Waals surface area contributed by atoms with Crippen LogP contribution in [0.5, 0.6) is 0 Å². The van der Waals surface area contributed by atoms with Gasteiger partial charge in [-0.25, -0.2) is 0 Å². The van der Waals surface area contributed by atoms with Gasteiger partial charge in [-0.05, 0) is 32.9 Å². The van der Waals surface area contributed by atoms with Crippen molar-refractivity contribution in [1.29, 1.82) is 0 Å². The monoisotopic (exact) mass is 301 g/mol. The maximum Gasteiger partial charge on any atom is 0.242 e. The Morgan fingerprint density at radius 3 is 2.95 bits per heavy atom. The van der Waals surface area contributed by atoms with E-state index in [-0.39, 0.29) is 18.5 Å². The van der Waals surface area contributed by atoms with Crippen LogP contribution in [0.2, 0.25) is 0 Å². The molecule has 0 saturated heterocycles. The molecule has 0 atom stereocenters. The van der Waals surface area contributed by atoms with Crippen molar-refractivity contribution in [3.8, 4) is 0 Å². The molecular formula is C15H19N5O2. The molecule has 1 N–H and O–H groups in total. The lowest BCUT2D eigenvalue weighted by molar-refractivity contribution is -0.122. The third kappa shape index (κ3) is 2.61. The van der Waals surface area contributed by atoms with Crippen LogP contribution in [0.25, 0.3) is 11.0 Å². The Morgan fingerprint density at radius 2 is 2.27 bits per heavy atom. The van der Waals surface area contributed by atoms with Crippen LogP contribution in [0.4, 0.5) is 0 Å². The standard InChI is InChI=1S/C15H19N5O2/c1-10(2)20-13-8-17-19(15(13)11(3)18-20)9-14(21)16-7-12-5-4-6-22-12/h4-6,8,10H,7,9H2,1-3H3,(H,16,21). The fourth-order valence-corrected chi connectivity index (χ4v) is 2.48. The van der Waals surface area contributed by atoms with Gasteiger partial charge < -0.3 is 9.73 Å². The lowest BCUT2D eigenvalue weighted by Crippen LogP contribution is -2.27. The van der Waals surface area contributed by atoms with E-state index < -0.39 is 0 Å². The molecule has 3 aromatic heterocycles. The van der Waals surface area contributed by atoms with Gasteiger partial charge in [-0.15, -0.1) is 0 Å². The first-order valence-corrected chi connectivity index (χ1v) is 7.26. The largest absolute Gasteiger partial charge is 0.467 e. The van der Waals surface area contributed by atoms with Gasteiger partial charge in [-0.2, -0.15) is 10.2 Å². The van der Waals surface area contributed by atoms with E-state index in [0.29, 0.717) is 6.54 Å². The van der Waals surface area contributed by atoms with Gasteiger partial charge in [-0.1, -0.05) is 0 Å². The molecule has 116 valence electrons. The number of carbonyl (C=O) groups excluding carboxylic acids is 1. The summed E-state index contributed by atoms with van der Waals surface area (Å²) in [4.78, 5) is 12.1. The average molecular weight is 301 g/mol. The molecule has 0 aliphatic carbocycles. The third-order valence-corrected chi connectivity index (χ3v) is 3.49. The number of carbonyl (C=O) groups is 1. The summed E-state index contributed by atoms with van der Waals surface area (Å²) in [5.41, 5.74) is 2.73. The maximum atomic E-state index is 12.1. The van der Waals surface area contributed by atoms with E-state index in [4.69, 9.17) is 4.42 Å². The van der Waals surface area contributed by atoms with Crippen LogP contribution in [-0.2, 0) is 17.9 Å². The van der Waals surface area contributed by atoms with Crippen LogP contribution in [0.3, 0.4) is 0 Å². The fourth-order valence-electron chi connectivity index (χ4n) is 2.48. The van der Waals surface area contributed by atoms with Gasteiger partial charge in [-0.3, -0.25) is 14.2 Å². The second-order valence-electron chi connectivity index (χ2n) is 5.52. The Kier molecular flexibility index (Phi) is 3.70. The van der Waals surface area contributed by atoms with Gasteiger partial charge in [0.15, 0.2) is 0 Å².